The van der Waals surface area contributed by atoms with E-state index >= 15 is 0 Å². The number of methoxy groups -OCH3 is 1. The second kappa shape index (κ2) is 10.0. The Hall–Kier alpha value is -2.90. The summed E-state index contributed by atoms with van der Waals surface area (Å²) in [6.07, 6.45) is 0. The maximum Gasteiger partial charge on any atom is 0.369 e. The van der Waals surface area contributed by atoms with Gasteiger partial charge in [-0.1, -0.05) is 30.3 Å². The standard InChI is InChI=1S/C22H27N3O4/c1-24(21(22(27)28-2)17-6-4-3-5-7-17)16-20(26)23-18-8-10-19(11-9-18)25-12-14-29-15-13-25/h3-11,21H,12-16H2,1-2H3,(H,23,26)/p+1/t21-/m0/s1. The van der Waals surface area contributed by atoms with Crippen LogP contribution in [0.3, 0.4) is 0 Å². The summed E-state index contributed by atoms with van der Waals surface area (Å²) in [6, 6.07) is 16.6. The smallest absolute Gasteiger partial charge is 0.369 e. The van der Waals surface area contributed by atoms with E-state index in [2.05, 4.69) is 10.2 Å². The number of rotatable bonds is 7. The molecule has 0 radical (unpaired) electrons. The SMILES string of the molecule is COC(=O)[C@H](c1ccccc1)[NH+](C)CC(=O)Nc1ccc(N2CCOCC2)cc1. The van der Waals surface area contributed by atoms with Crippen molar-refractivity contribution >= 4 is 23.3 Å². The van der Waals surface area contributed by atoms with Gasteiger partial charge in [0.1, 0.15) is 0 Å². The molecule has 1 heterocycles. The molecule has 2 aromatic rings. The molecule has 0 aromatic heterocycles. The van der Waals surface area contributed by atoms with Crippen molar-refractivity contribution in [3.8, 4) is 0 Å². The zero-order chi connectivity index (χ0) is 20.6. The van der Waals surface area contributed by atoms with Crippen molar-refractivity contribution in [2.75, 3.05) is 57.2 Å². The van der Waals surface area contributed by atoms with Gasteiger partial charge in [0.05, 0.1) is 27.4 Å². The van der Waals surface area contributed by atoms with Crippen LogP contribution in [-0.4, -0.2) is 58.9 Å². The topological polar surface area (TPSA) is 72.3 Å². The van der Waals surface area contributed by atoms with E-state index < -0.39 is 6.04 Å². The molecule has 154 valence electrons. The molecule has 3 rings (SSSR count). The van der Waals surface area contributed by atoms with E-state index in [4.69, 9.17) is 9.47 Å². The summed E-state index contributed by atoms with van der Waals surface area (Å²) in [5.41, 5.74) is 2.66. The van der Waals surface area contributed by atoms with Crippen LogP contribution >= 0.6 is 0 Å². The van der Waals surface area contributed by atoms with E-state index in [1.807, 2.05) is 61.6 Å². The fourth-order valence-electron chi connectivity index (χ4n) is 3.52. The molecule has 7 nitrogen and oxygen atoms in total. The third-order valence-corrected chi connectivity index (χ3v) is 5.03. The summed E-state index contributed by atoms with van der Waals surface area (Å²) in [5.74, 6) is -0.525. The van der Waals surface area contributed by atoms with Crippen molar-refractivity contribution in [1.29, 1.82) is 0 Å². The molecule has 1 unspecified atom stereocenters. The highest BCUT2D eigenvalue weighted by Gasteiger charge is 2.31. The number of esters is 1. The number of carbonyl (C=O) groups excluding carboxylic acids is 2. The van der Waals surface area contributed by atoms with Crippen LogP contribution in [0.2, 0.25) is 0 Å². The quantitative estimate of drug-likeness (QED) is 0.678. The first-order valence-corrected chi connectivity index (χ1v) is 9.76. The van der Waals surface area contributed by atoms with Crippen LogP contribution in [-0.2, 0) is 19.1 Å². The molecule has 1 amide bonds. The van der Waals surface area contributed by atoms with Crippen molar-refractivity contribution < 1.29 is 24.0 Å². The number of ether oxygens (including phenoxy) is 2. The molecule has 29 heavy (non-hydrogen) atoms. The number of hydrogen-bond donors (Lipinski definition) is 2. The first-order valence-electron chi connectivity index (χ1n) is 9.76. The van der Waals surface area contributed by atoms with Crippen LogP contribution in [0.5, 0.6) is 0 Å². The minimum absolute atomic E-state index is 0.139. The van der Waals surface area contributed by atoms with Gasteiger partial charge >= 0.3 is 5.97 Å². The number of quaternary nitrogens is 1. The van der Waals surface area contributed by atoms with Gasteiger partial charge in [-0.05, 0) is 24.3 Å². The predicted octanol–water partition coefficient (Wildman–Crippen LogP) is 0.891. The zero-order valence-electron chi connectivity index (χ0n) is 16.9. The van der Waals surface area contributed by atoms with Gasteiger partial charge in [-0.2, -0.15) is 0 Å². The molecule has 2 N–H and O–H groups in total. The van der Waals surface area contributed by atoms with Crippen molar-refractivity contribution in [1.82, 2.24) is 0 Å². The average Bonchev–Trinajstić information content (AvgIpc) is 2.75. The monoisotopic (exact) mass is 398 g/mol. The van der Waals surface area contributed by atoms with Crippen LogP contribution in [0, 0.1) is 0 Å². The Kier molecular flexibility index (Phi) is 7.21. The van der Waals surface area contributed by atoms with Crippen LogP contribution in [0.15, 0.2) is 54.6 Å². The second-order valence-electron chi connectivity index (χ2n) is 7.08. The summed E-state index contributed by atoms with van der Waals surface area (Å²) < 4.78 is 10.3. The molecule has 0 aliphatic carbocycles. The van der Waals surface area contributed by atoms with E-state index in [0.717, 1.165) is 48.1 Å². The summed E-state index contributed by atoms with van der Waals surface area (Å²) >= 11 is 0. The van der Waals surface area contributed by atoms with E-state index in [1.54, 1.807) is 0 Å². The largest absolute Gasteiger partial charge is 0.464 e. The van der Waals surface area contributed by atoms with Crippen LogP contribution in [0.1, 0.15) is 11.6 Å². The van der Waals surface area contributed by atoms with Crippen LogP contribution in [0.25, 0.3) is 0 Å². The Morgan fingerprint density at radius 1 is 1.10 bits per heavy atom. The van der Waals surface area contributed by atoms with E-state index in [0.29, 0.717) is 0 Å². The lowest BCUT2D eigenvalue weighted by Crippen LogP contribution is -3.11. The van der Waals surface area contributed by atoms with Crippen molar-refractivity contribution in [2.24, 2.45) is 0 Å². The average molecular weight is 398 g/mol. The van der Waals surface area contributed by atoms with Gasteiger partial charge in [-0.15, -0.1) is 0 Å². The number of morpholine rings is 1. The molecule has 7 heteroatoms. The van der Waals surface area contributed by atoms with Crippen molar-refractivity contribution in [3.05, 3.63) is 60.2 Å². The third-order valence-electron chi connectivity index (χ3n) is 5.03. The molecule has 2 aromatic carbocycles. The highest BCUT2D eigenvalue weighted by atomic mass is 16.5. The Balaban J connectivity index is 1.60. The lowest BCUT2D eigenvalue weighted by Gasteiger charge is -2.29. The number of hydrogen-bond acceptors (Lipinski definition) is 5. The number of anilines is 2. The molecule has 0 spiro atoms. The summed E-state index contributed by atoms with van der Waals surface area (Å²) in [6.45, 7) is 3.34. The van der Waals surface area contributed by atoms with Crippen LogP contribution in [0.4, 0.5) is 11.4 Å². The minimum atomic E-state index is -0.560. The molecule has 1 aliphatic rings. The Morgan fingerprint density at radius 2 is 1.76 bits per heavy atom. The van der Waals surface area contributed by atoms with Gasteiger partial charge < -0.3 is 24.6 Å². The van der Waals surface area contributed by atoms with Gasteiger partial charge in [0, 0.05) is 30.0 Å². The molecule has 2 atom stereocenters. The maximum atomic E-state index is 12.5. The van der Waals surface area contributed by atoms with Gasteiger partial charge in [0.15, 0.2) is 6.54 Å². The fraction of sp³-hybridized carbons (Fsp3) is 0.364. The van der Waals surface area contributed by atoms with E-state index in [9.17, 15) is 9.59 Å². The lowest BCUT2D eigenvalue weighted by molar-refractivity contribution is -0.894. The zero-order valence-corrected chi connectivity index (χ0v) is 16.9. The number of carbonyl (C=O) groups is 2. The number of benzene rings is 2. The van der Waals surface area contributed by atoms with Crippen molar-refractivity contribution in [2.45, 2.75) is 6.04 Å². The molecular formula is C22H28N3O4+. The second-order valence-corrected chi connectivity index (χ2v) is 7.08. The summed E-state index contributed by atoms with van der Waals surface area (Å²) in [4.78, 5) is 27.8. The minimum Gasteiger partial charge on any atom is -0.464 e. The number of amides is 1. The van der Waals surface area contributed by atoms with E-state index in [1.165, 1.54) is 7.11 Å². The molecule has 0 saturated carbocycles. The summed E-state index contributed by atoms with van der Waals surface area (Å²) in [7, 11) is 3.18. The molecule has 1 fully saturated rings. The number of nitrogens with zero attached hydrogens (tertiary/aromatic N) is 1. The van der Waals surface area contributed by atoms with E-state index in [-0.39, 0.29) is 18.4 Å². The maximum absolute atomic E-state index is 12.5. The Morgan fingerprint density at radius 3 is 2.38 bits per heavy atom. The van der Waals surface area contributed by atoms with Gasteiger partial charge in [0.2, 0.25) is 6.04 Å². The molecular weight excluding hydrogens is 370 g/mol. The fourth-order valence-corrected chi connectivity index (χ4v) is 3.52. The van der Waals surface area contributed by atoms with Gasteiger partial charge in [-0.25, -0.2) is 4.79 Å². The normalized spacial score (nSPS) is 16.0. The Labute approximate surface area is 171 Å². The first kappa shape index (κ1) is 20.8. The predicted molar refractivity (Wildman–Crippen MR) is 111 cm³/mol. The molecule has 0 bridgehead atoms. The van der Waals surface area contributed by atoms with Crippen molar-refractivity contribution in [3.63, 3.8) is 0 Å². The summed E-state index contributed by atoms with van der Waals surface area (Å²) in [5, 5.41) is 2.91. The highest BCUT2D eigenvalue weighted by molar-refractivity contribution is 5.91. The molecule has 1 aliphatic heterocycles. The van der Waals surface area contributed by atoms with Gasteiger partial charge in [0.25, 0.3) is 5.91 Å². The van der Waals surface area contributed by atoms with Gasteiger partial charge in [-0.3, -0.25) is 4.79 Å². The van der Waals surface area contributed by atoms with Crippen LogP contribution < -0.4 is 15.1 Å². The lowest BCUT2D eigenvalue weighted by atomic mass is 10.1. The first-order chi connectivity index (χ1) is 14.1. The number of nitrogens with one attached hydrogen (secondary N) is 2. The Bertz CT molecular complexity index is 805. The molecule has 1 saturated heterocycles. The highest BCUT2D eigenvalue weighted by Crippen LogP contribution is 2.19. The number of likely N-dealkylation sites (N-methyl/N-ethyl adjacent to an activating group) is 1. The third kappa shape index (κ3) is 5.56.